The van der Waals surface area contributed by atoms with Crippen LogP contribution in [0, 0.1) is 16.2 Å². The van der Waals surface area contributed by atoms with E-state index < -0.39 is 22.8 Å². The van der Waals surface area contributed by atoms with Gasteiger partial charge in [0.2, 0.25) is 5.78 Å². The van der Waals surface area contributed by atoms with Gasteiger partial charge in [-0.2, -0.15) is 0 Å². The number of benzene rings is 2. The Bertz CT molecular complexity index is 2390. The fourth-order valence-corrected chi connectivity index (χ4v) is 11.1. The van der Waals surface area contributed by atoms with Gasteiger partial charge in [0.25, 0.3) is 5.91 Å². The van der Waals surface area contributed by atoms with Crippen molar-refractivity contribution in [3.63, 3.8) is 0 Å². The molecule has 2 aromatic heterocycles. The van der Waals surface area contributed by atoms with Crippen LogP contribution in [0.5, 0.6) is 0 Å². The van der Waals surface area contributed by atoms with Crippen molar-refractivity contribution < 1.29 is 29.4 Å². The normalized spacial score (nSPS) is 21.5. The number of hydrogen-bond acceptors (Lipinski definition) is 8. The number of aromatic nitrogens is 4. The highest BCUT2D eigenvalue weighted by Gasteiger charge is 2.57. The lowest BCUT2D eigenvalue weighted by molar-refractivity contribution is -0.148. The maximum absolute atomic E-state index is 13.8. The number of carboxylic acids is 2. The smallest absolute Gasteiger partial charge is 0.309 e. The molecule has 13 nitrogen and oxygen atoms in total. The van der Waals surface area contributed by atoms with Crippen LogP contribution in [0.15, 0.2) is 36.4 Å². The molecule has 4 heterocycles. The van der Waals surface area contributed by atoms with Gasteiger partial charge in [0.1, 0.15) is 0 Å². The van der Waals surface area contributed by atoms with Crippen molar-refractivity contribution in [2.75, 3.05) is 31.5 Å². The van der Waals surface area contributed by atoms with Gasteiger partial charge in [0.05, 0.1) is 39.0 Å². The molecule has 4 aromatic rings. The van der Waals surface area contributed by atoms with Gasteiger partial charge in [0, 0.05) is 88.6 Å². The first-order valence-corrected chi connectivity index (χ1v) is 21.6. The van der Waals surface area contributed by atoms with Crippen molar-refractivity contribution in [1.29, 1.82) is 0 Å². The van der Waals surface area contributed by atoms with Crippen LogP contribution in [0.4, 0.5) is 5.69 Å². The summed E-state index contributed by atoms with van der Waals surface area (Å²) in [4.78, 5) is 65.1. The van der Waals surface area contributed by atoms with E-state index in [1.54, 1.807) is 12.1 Å². The molecule has 15 heteroatoms. The first-order chi connectivity index (χ1) is 28.5. The number of ketones is 1. The summed E-state index contributed by atoms with van der Waals surface area (Å²) in [6.45, 7) is 8.18. The van der Waals surface area contributed by atoms with Crippen LogP contribution in [-0.2, 0) is 56.0 Å². The molecule has 2 saturated carbocycles. The summed E-state index contributed by atoms with van der Waals surface area (Å²) >= 11 is 14.0. The number of carboxylic acid groups (broad SMARTS) is 2. The average molecular weight is 859 g/mol. The Morgan fingerprint density at radius 2 is 1.42 bits per heavy atom. The number of rotatable bonds is 14. The Hall–Kier alpha value is -4.56. The zero-order valence-electron chi connectivity index (χ0n) is 34.7. The number of nitrogens with zero attached hydrogens (tertiary/aromatic N) is 6. The van der Waals surface area contributed by atoms with Crippen molar-refractivity contribution in [2.45, 2.75) is 91.1 Å². The van der Waals surface area contributed by atoms with E-state index in [2.05, 4.69) is 15.1 Å². The summed E-state index contributed by atoms with van der Waals surface area (Å²) in [5.74, 6) is -1.36. The number of hydrogen-bond donors (Lipinski definition) is 3. The van der Waals surface area contributed by atoms with E-state index in [0.717, 1.165) is 87.4 Å². The van der Waals surface area contributed by atoms with Crippen LogP contribution in [0.25, 0.3) is 11.1 Å². The second-order valence-corrected chi connectivity index (χ2v) is 19.3. The highest BCUT2D eigenvalue weighted by molar-refractivity contribution is 6.39. The van der Waals surface area contributed by atoms with E-state index in [4.69, 9.17) is 33.2 Å². The van der Waals surface area contributed by atoms with Gasteiger partial charge in [-0.1, -0.05) is 67.4 Å². The van der Waals surface area contributed by atoms with E-state index in [1.165, 1.54) is 0 Å². The van der Waals surface area contributed by atoms with Crippen molar-refractivity contribution in [3.8, 4) is 11.1 Å². The van der Waals surface area contributed by atoms with Crippen LogP contribution >= 0.6 is 23.2 Å². The Kier molecular flexibility index (Phi) is 11.3. The molecule has 0 atom stereocenters. The largest absolute Gasteiger partial charge is 0.481 e. The fourth-order valence-electron chi connectivity index (χ4n) is 10.6. The maximum atomic E-state index is 13.8. The predicted molar refractivity (Wildman–Crippen MR) is 229 cm³/mol. The number of fused-ring (bicyclic) bond motifs is 4. The number of imidazole rings is 2. The molecule has 1 amide bonds. The highest BCUT2D eigenvalue weighted by Crippen LogP contribution is 2.63. The minimum absolute atomic E-state index is 0.0212. The van der Waals surface area contributed by atoms with Crippen LogP contribution < -0.4 is 5.32 Å². The third-order valence-electron chi connectivity index (χ3n) is 13.8. The summed E-state index contributed by atoms with van der Waals surface area (Å²) in [6, 6.07) is 10.8. The monoisotopic (exact) mass is 857 g/mol. The number of carbonyl (C=O) groups excluding carboxylic acids is 2. The minimum atomic E-state index is -0.822. The number of amides is 1. The number of Topliss-reactive ketones (excluding diaryl/α,β-unsaturated/α-hetero) is 1. The molecule has 0 radical (unpaired) electrons. The Balaban J connectivity index is 0.925. The first-order valence-electron chi connectivity index (χ1n) is 20.9. The topological polar surface area (TPSA) is 163 Å². The van der Waals surface area contributed by atoms with E-state index in [1.807, 2.05) is 61.3 Å². The van der Waals surface area contributed by atoms with Gasteiger partial charge < -0.3 is 24.7 Å². The number of anilines is 1. The van der Waals surface area contributed by atoms with Gasteiger partial charge in [0.15, 0.2) is 11.6 Å². The molecule has 318 valence electrons. The van der Waals surface area contributed by atoms with Crippen molar-refractivity contribution in [2.24, 2.45) is 30.3 Å². The summed E-state index contributed by atoms with van der Waals surface area (Å²) < 4.78 is 3.73. The lowest BCUT2D eigenvalue weighted by atomic mass is 9.80. The highest BCUT2D eigenvalue weighted by atomic mass is 35.5. The second kappa shape index (κ2) is 16.0. The minimum Gasteiger partial charge on any atom is -0.481 e. The number of carbonyl (C=O) groups is 4. The molecular formula is C45H53Cl2N7O6. The molecule has 60 heavy (non-hydrogen) atoms. The lowest BCUT2D eigenvalue weighted by Gasteiger charge is -2.33. The third-order valence-corrected chi connectivity index (χ3v) is 14.6. The van der Waals surface area contributed by atoms with Crippen molar-refractivity contribution in [3.05, 3.63) is 86.4 Å². The van der Waals surface area contributed by atoms with E-state index in [0.29, 0.717) is 70.1 Å². The van der Waals surface area contributed by atoms with Gasteiger partial charge in [-0.05, 0) is 67.5 Å². The zero-order valence-corrected chi connectivity index (χ0v) is 36.3. The number of aliphatic carboxylic acids is 2. The predicted octanol–water partition coefficient (Wildman–Crippen LogP) is 7.45. The quantitative estimate of drug-likeness (QED) is 0.109. The van der Waals surface area contributed by atoms with Crippen LogP contribution in [0.3, 0.4) is 0 Å². The summed E-state index contributed by atoms with van der Waals surface area (Å²) in [6.07, 6.45) is 6.88. The molecule has 0 saturated heterocycles. The van der Waals surface area contributed by atoms with Gasteiger partial charge in [-0.25, -0.2) is 9.97 Å². The summed E-state index contributed by atoms with van der Waals surface area (Å²) in [7, 11) is 3.72. The van der Waals surface area contributed by atoms with Crippen LogP contribution in [0.2, 0.25) is 10.0 Å². The standard InChI is InChI=1S/C45H53Cl2N7O6/c1-43(2,22-36(56)57)26-54-19-12-33-32(24-54)48-39(51(33)3)35(55)21-27-7-5-8-28(37(27)46)29-9-6-10-30(38(29)47)50-41(58)40-49-31-23-53(18-11-34(31)52(40)4)20-17-44-13-15-45(25-44,16-14-44)42(59)60/h5-10H,11-26H2,1-4H3,(H,50,58)(H,56,57)(H,59,60). The van der Waals surface area contributed by atoms with Gasteiger partial charge in [-0.15, -0.1) is 0 Å². The molecule has 2 fully saturated rings. The Morgan fingerprint density at radius 1 is 0.817 bits per heavy atom. The third kappa shape index (κ3) is 8.01. The molecule has 3 N–H and O–H groups in total. The summed E-state index contributed by atoms with van der Waals surface area (Å²) in [5, 5.41) is 22.8. The van der Waals surface area contributed by atoms with Gasteiger partial charge in [-0.3, -0.25) is 29.0 Å². The molecule has 2 aromatic carbocycles. The lowest BCUT2D eigenvalue weighted by Crippen LogP contribution is -2.39. The van der Waals surface area contributed by atoms with Crippen LogP contribution in [0.1, 0.15) is 108 Å². The van der Waals surface area contributed by atoms with E-state index in [-0.39, 0.29) is 29.9 Å². The fraction of sp³-hybridized carbons (Fsp3) is 0.511. The molecule has 4 aliphatic rings. The Morgan fingerprint density at radius 3 is 2.07 bits per heavy atom. The molecule has 2 aliphatic carbocycles. The molecule has 0 unspecified atom stereocenters. The first kappa shape index (κ1) is 42.1. The zero-order chi connectivity index (χ0) is 42.7. The molecule has 2 bridgehead atoms. The maximum Gasteiger partial charge on any atom is 0.309 e. The second-order valence-electron chi connectivity index (χ2n) is 18.5. The molecule has 8 rings (SSSR count). The molecular weight excluding hydrogens is 805 g/mol. The number of halogens is 2. The van der Waals surface area contributed by atoms with E-state index in [9.17, 15) is 29.4 Å². The summed E-state index contributed by atoms with van der Waals surface area (Å²) in [5.41, 5.74) is 5.20. The van der Waals surface area contributed by atoms with Crippen LogP contribution in [-0.4, -0.2) is 88.9 Å². The number of nitrogens with one attached hydrogen (secondary N) is 1. The van der Waals surface area contributed by atoms with Crippen molar-refractivity contribution in [1.82, 2.24) is 28.9 Å². The van der Waals surface area contributed by atoms with Crippen molar-refractivity contribution >= 4 is 52.5 Å². The van der Waals surface area contributed by atoms with Gasteiger partial charge >= 0.3 is 11.9 Å². The molecule has 0 spiro atoms. The van der Waals surface area contributed by atoms with E-state index >= 15 is 0 Å². The molecule has 2 aliphatic heterocycles. The SMILES string of the molecule is Cn1c(C(=O)Cc2cccc(-c3cccc(NC(=O)c4nc5c(n4C)CCN(CCC46CCC(C(=O)O)(CC4)C6)C5)c3Cl)c2Cl)nc2c1CCN(CC(C)(C)CC(=O)O)C2. The Labute approximate surface area is 360 Å². The average Bonchev–Trinajstić information content (AvgIpc) is 3.95.